The highest BCUT2D eigenvalue weighted by atomic mass is 32.2. The Labute approximate surface area is 163 Å². The monoisotopic (exact) mass is 405 g/mol. The highest BCUT2D eigenvalue weighted by molar-refractivity contribution is 8.01. The Balaban J connectivity index is 1.83. The number of aromatic nitrogens is 6. The Bertz CT molecular complexity index is 1020. The van der Waals surface area contributed by atoms with Gasteiger partial charge in [-0.3, -0.25) is 14.9 Å². The fraction of sp³-hybridized carbons (Fsp3) is 0.375. The van der Waals surface area contributed by atoms with Gasteiger partial charge in [-0.1, -0.05) is 30.0 Å². The predicted octanol–water partition coefficient (Wildman–Crippen LogP) is 2.21. The molecule has 3 aromatic heterocycles. The molecule has 0 spiro atoms. The summed E-state index contributed by atoms with van der Waals surface area (Å²) in [6, 6.07) is 4.06. The number of nitrogens with one attached hydrogen (secondary N) is 1. The second kappa shape index (κ2) is 8.01. The molecule has 0 saturated carbocycles. The number of amides is 1. The third kappa shape index (κ3) is 4.25. The lowest BCUT2D eigenvalue weighted by atomic mass is 10.3. The summed E-state index contributed by atoms with van der Waals surface area (Å²) in [5.74, 6) is 0.953. The molecule has 1 atom stereocenters. The van der Waals surface area contributed by atoms with Gasteiger partial charge in [0.05, 0.1) is 5.69 Å². The van der Waals surface area contributed by atoms with E-state index in [9.17, 15) is 9.59 Å². The summed E-state index contributed by atoms with van der Waals surface area (Å²) in [5, 5.41) is 19.7. The Morgan fingerprint density at radius 3 is 2.74 bits per heavy atom. The van der Waals surface area contributed by atoms with Crippen LogP contribution in [0.3, 0.4) is 0 Å². The largest absolute Gasteiger partial charge is 0.299 e. The zero-order valence-electron chi connectivity index (χ0n) is 15.3. The molecule has 1 amide bonds. The van der Waals surface area contributed by atoms with Crippen LogP contribution < -0.4 is 10.9 Å². The lowest BCUT2D eigenvalue weighted by Gasteiger charge is -2.14. The molecule has 0 bridgehead atoms. The fourth-order valence-corrected chi connectivity index (χ4v) is 4.08. The number of nitrogens with zero attached hydrogens (tertiary/aromatic N) is 6. The van der Waals surface area contributed by atoms with Crippen LogP contribution in [-0.2, 0) is 4.79 Å². The SMILES string of the molecule is CCSc1nnc(NC(=O)C(C)n2nc(-n3nc(C)cc3C)ccc2=O)s1. The second-order valence-electron chi connectivity index (χ2n) is 5.78. The van der Waals surface area contributed by atoms with Crippen LogP contribution in [0.1, 0.15) is 31.3 Å². The first-order valence-corrected chi connectivity index (χ1v) is 10.1. The smallest absolute Gasteiger partial charge is 0.267 e. The van der Waals surface area contributed by atoms with Crippen molar-refractivity contribution in [3.05, 3.63) is 39.9 Å². The topological polar surface area (TPSA) is 108 Å². The molecule has 0 aromatic carbocycles. The summed E-state index contributed by atoms with van der Waals surface area (Å²) in [7, 11) is 0. The Hall–Kier alpha value is -2.53. The third-order valence-electron chi connectivity index (χ3n) is 3.69. The van der Waals surface area contributed by atoms with E-state index in [1.54, 1.807) is 29.4 Å². The van der Waals surface area contributed by atoms with E-state index in [1.807, 2.05) is 26.8 Å². The molecule has 3 rings (SSSR count). The number of hydrogen-bond donors (Lipinski definition) is 1. The molecule has 27 heavy (non-hydrogen) atoms. The second-order valence-corrected chi connectivity index (χ2v) is 8.27. The Morgan fingerprint density at radius 1 is 1.30 bits per heavy atom. The molecule has 3 heterocycles. The van der Waals surface area contributed by atoms with Gasteiger partial charge in [-0.2, -0.15) is 5.10 Å². The normalized spacial score (nSPS) is 12.1. The minimum atomic E-state index is -0.819. The maximum Gasteiger partial charge on any atom is 0.267 e. The summed E-state index contributed by atoms with van der Waals surface area (Å²) in [6.07, 6.45) is 0. The van der Waals surface area contributed by atoms with Crippen LogP contribution >= 0.6 is 23.1 Å². The number of hydrogen-bond acceptors (Lipinski definition) is 8. The Morgan fingerprint density at radius 2 is 2.07 bits per heavy atom. The lowest BCUT2D eigenvalue weighted by Crippen LogP contribution is -2.33. The van der Waals surface area contributed by atoms with Gasteiger partial charge in [0.25, 0.3) is 11.5 Å². The number of anilines is 1. The number of aryl methyl sites for hydroxylation is 2. The van der Waals surface area contributed by atoms with E-state index >= 15 is 0 Å². The Kier molecular flexibility index (Phi) is 5.71. The summed E-state index contributed by atoms with van der Waals surface area (Å²) in [5.41, 5.74) is 1.36. The highest BCUT2D eigenvalue weighted by Gasteiger charge is 2.20. The van der Waals surface area contributed by atoms with Crippen molar-refractivity contribution in [3.63, 3.8) is 0 Å². The van der Waals surface area contributed by atoms with Crippen LogP contribution in [0, 0.1) is 13.8 Å². The molecule has 3 aromatic rings. The molecule has 0 aliphatic carbocycles. The number of carbonyl (C=O) groups excluding carboxylic acids is 1. The molecular formula is C16H19N7O2S2. The molecule has 142 valence electrons. The molecule has 11 heteroatoms. The zero-order valence-corrected chi connectivity index (χ0v) is 17.0. The van der Waals surface area contributed by atoms with E-state index in [0.29, 0.717) is 10.9 Å². The van der Waals surface area contributed by atoms with E-state index in [4.69, 9.17) is 0 Å². The lowest BCUT2D eigenvalue weighted by molar-refractivity contribution is -0.119. The minimum Gasteiger partial charge on any atom is -0.299 e. The number of carbonyl (C=O) groups is 1. The van der Waals surface area contributed by atoms with Crippen LogP contribution in [0.5, 0.6) is 0 Å². The first-order valence-electron chi connectivity index (χ1n) is 8.29. The number of rotatable bonds is 6. The van der Waals surface area contributed by atoms with Crippen molar-refractivity contribution >= 4 is 34.1 Å². The average molecular weight is 406 g/mol. The maximum absolute atomic E-state index is 12.5. The van der Waals surface area contributed by atoms with Crippen LogP contribution in [0.15, 0.2) is 27.3 Å². The first kappa shape index (κ1) is 19.2. The standard InChI is InChI=1S/C16H19N7O2S2/c1-5-26-16-19-18-15(27-16)17-14(25)11(4)23-13(24)7-6-12(21-23)22-10(3)8-9(2)20-22/h6-8,11H,5H2,1-4H3,(H,17,18,25). The van der Waals surface area contributed by atoms with Gasteiger partial charge in [0.15, 0.2) is 10.2 Å². The van der Waals surface area contributed by atoms with Gasteiger partial charge in [-0.25, -0.2) is 9.36 Å². The molecule has 0 radical (unpaired) electrons. The first-order chi connectivity index (χ1) is 12.9. The van der Waals surface area contributed by atoms with E-state index in [2.05, 4.69) is 25.7 Å². The van der Waals surface area contributed by atoms with Gasteiger partial charge in [-0.15, -0.1) is 15.3 Å². The number of thioether (sulfide) groups is 1. The quantitative estimate of drug-likeness (QED) is 0.495. The van der Waals surface area contributed by atoms with E-state index < -0.39 is 6.04 Å². The summed E-state index contributed by atoms with van der Waals surface area (Å²) in [6.45, 7) is 7.40. The summed E-state index contributed by atoms with van der Waals surface area (Å²) >= 11 is 2.84. The van der Waals surface area contributed by atoms with Crippen LogP contribution in [0.4, 0.5) is 5.13 Å². The molecule has 1 unspecified atom stereocenters. The third-order valence-corrected chi connectivity index (χ3v) is 5.54. The fourth-order valence-electron chi connectivity index (χ4n) is 2.43. The molecule has 1 N–H and O–H groups in total. The highest BCUT2D eigenvalue weighted by Crippen LogP contribution is 2.25. The van der Waals surface area contributed by atoms with Gasteiger partial charge in [0.2, 0.25) is 5.13 Å². The van der Waals surface area contributed by atoms with Crippen molar-refractivity contribution < 1.29 is 4.79 Å². The van der Waals surface area contributed by atoms with Crippen LogP contribution in [0.2, 0.25) is 0 Å². The van der Waals surface area contributed by atoms with Crippen molar-refractivity contribution in [1.29, 1.82) is 0 Å². The van der Waals surface area contributed by atoms with Gasteiger partial charge in [-0.05, 0) is 38.7 Å². The summed E-state index contributed by atoms with van der Waals surface area (Å²) in [4.78, 5) is 24.8. The van der Waals surface area contributed by atoms with Gasteiger partial charge < -0.3 is 0 Å². The van der Waals surface area contributed by atoms with Crippen molar-refractivity contribution in [1.82, 2.24) is 29.8 Å². The van der Waals surface area contributed by atoms with Crippen molar-refractivity contribution in [3.8, 4) is 5.82 Å². The predicted molar refractivity (Wildman–Crippen MR) is 105 cm³/mol. The molecule has 9 nitrogen and oxygen atoms in total. The van der Waals surface area contributed by atoms with Crippen molar-refractivity contribution in [2.45, 2.75) is 38.1 Å². The van der Waals surface area contributed by atoms with Gasteiger partial charge >= 0.3 is 0 Å². The molecule has 0 saturated heterocycles. The van der Waals surface area contributed by atoms with Gasteiger partial charge in [0, 0.05) is 11.8 Å². The van der Waals surface area contributed by atoms with Gasteiger partial charge in [0.1, 0.15) is 6.04 Å². The van der Waals surface area contributed by atoms with Crippen molar-refractivity contribution in [2.75, 3.05) is 11.1 Å². The van der Waals surface area contributed by atoms with E-state index in [1.165, 1.54) is 17.4 Å². The van der Waals surface area contributed by atoms with Crippen molar-refractivity contribution in [2.24, 2.45) is 0 Å². The molecule has 0 aliphatic heterocycles. The zero-order chi connectivity index (χ0) is 19.6. The molecule has 0 fully saturated rings. The van der Waals surface area contributed by atoms with Crippen LogP contribution in [0.25, 0.3) is 5.82 Å². The molecule has 0 aliphatic rings. The van der Waals surface area contributed by atoms with E-state index in [-0.39, 0.29) is 11.5 Å². The summed E-state index contributed by atoms with van der Waals surface area (Å²) < 4.78 is 3.56. The molecular weight excluding hydrogens is 386 g/mol. The van der Waals surface area contributed by atoms with E-state index in [0.717, 1.165) is 26.2 Å². The minimum absolute atomic E-state index is 0.373. The maximum atomic E-state index is 12.5. The van der Waals surface area contributed by atoms with Crippen LogP contribution in [-0.4, -0.2) is 41.4 Å². The average Bonchev–Trinajstić information content (AvgIpc) is 3.20.